The zero-order valence-corrected chi connectivity index (χ0v) is 33.2. The van der Waals surface area contributed by atoms with E-state index in [4.69, 9.17) is 54.4 Å². The molecular weight excluding hydrogens is 781 g/mol. The molecule has 6 N–H and O–H groups in total. The van der Waals surface area contributed by atoms with Crippen molar-refractivity contribution in [1.82, 2.24) is 20.1 Å². The zero-order chi connectivity index (χ0) is 39.6. The molecule has 15 heteroatoms. The lowest BCUT2D eigenvalue weighted by Gasteiger charge is -2.19. The van der Waals surface area contributed by atoms with Crippen molar-refractivity contribution in [1.29, 1.82) is 5.41 Å². The van der Waals surface area contributed by atoms with E-state index in [2.05, 4.69) is 15.2 Å². The predicted octanol–water partition coefficient (Wildman–Crippen LogP) is 5.54. The molecule has 0 saturated carbocycles. The fourth-order valence-corrected chi connectivity index (χ4v) is 7.56. The van der Waals surface area contributed by atoms with E-state index in [1.54, 1.807) is 24.5 Å². The number of pyridine rings is 1. The summed E-state index contributed by atoms with van der Waals surface area (Å²) < 4.78 is 18.6. The van der Waals surface area contributed by atoms with Crippen LogP contribution in [-0.4, -0.2) is 112 Å². The molecule has 0 radical (unpaired) electrons. The molecule has 4 aromatic rings. The molecule has 12 nitrogen and oxygen atoms in total. The monoisotopic (exact) mass is 827 g/mol. The highest BCUT2D eigenvalue weighted by Gasteiger charge is 2.24. The summed E-state index contributed by atoms with van der Waals surface area (Å²) in [6.07, 6.45) is 3.90. The number of rotatable bonds is 18. The molecule has 0 aliphatic carbocycles. The van der Waals surface area contributed by atoms with E-state index in [1.807, 2.05) is 47.4 Å². The number of β-amino-alcohol motifs (C(OH)–C–C–N with tert-alkyl or cyclic N) is 2. The minimum atomic E-state index is -0.926. The molecule has 56 heavy (non-hydrogen) atoms. The summed E-state index contributed by atoms with van der Waals surface area (Å²) in [4.78, 5) is 8.39. The molecule has 300 valence electrons. The van der Waals surface area contributed by atoms with E-state index in [9.17, 15) is 20.4 Å². The summed E-state index contributed by atoms with van der Waals surface area (Å²) in [5.41, 5.74) is 4.20. The molecule has 3 aromatic carbocycles. The van der Waals surface area contributed by atoms with Gasteiger partial charge in [-0.05, 0) is 37.5 Å². The van der Waals surface area contributed by atoms with Gasteiger partial charge in [-0.3, -0.25) is 10.4 Å². The Morgan fingerprint density at radius 3 is 2.36 bits per heavy atom. The highest BCUT2D eigenvalue weighted by molar-refractivity contribution is 6.37. The van der Waals surface area contributed by atoms with Crippen LogP contribution >= 0.6 is 34.8 Å². The maximum atomic E-state index is 9.94. The molecular formula is C41H48Cl3N5O7. The lowest BCUT2D eigenvalue weighted by atomic mass is 10.0. The van der Waals surface area contributed by atoms with Gasteiger partial charge in [0.15, 0.2) is 0 Å². The highest BCUT2D eigenvalue weighted by Crippen LogP contribution is 2.40. The fourth-order valence-electron chi connectivity index (χ4n) is 6.75. The molecule has 3 atom stereocenters. The van der Waals surface area contributed by atoms with Gasteiger partial charge in [-0.1, -0.05) is 65.1 Å². The molecule has 1 aromatic heterocycles. The number of hydrogen-bond donors (Lipinski definition) is 6. The second-order valence-corrected chi connectivity index (χ2v) is 15.3. The second-order valence-electron chi connectivity index (χ2n) is 14.1. The summed E-state index contributed by atoms with van der Waals surface area (Å²) in [5, 5.41) is 51.8. The molecule has 0 spiro atoms. The van der Waals surface area contributed by atoms with Crippen LogP contribution in [0.25, 0.3) is 11.1 Å². The van der Waals surface area contributed by atoms with Gasteiger partial charge in [-0.2, -0.15) is 0 Å². The van der Waals surface area contributed by atoms with Gasteiger partial charge in [0.05, 0.1) is 46.6 Å². The number of aromatic nitrogens is 1. The quantitative estimate of drug-likeness (QED) is 0.0425. The Kier molecular flexibility index (Phi) is 15.1. The maximum absolute atomic E-state index is 9.94. The minimum Gasteiger partial charge on any atom is -0.492 e. The highest BCUT2D eigenvalue weighted by atomic mass is 35.5. The third-order valence-corrected chi connectivity index (χ3v) is 10.9. The number of benzene rings is 3. The number of nitrogens with zero attached hydrogens (tertiary/aromatic N) is 3. The summed E-state index contributed by atoms with van der Waals surface area (Å²) in [5.74, 6) is 1.69. The Hall–Kier alpha value is -3.69. The van der Waals surface area contributed by atoms with Crippen molar-refractivity contribution in [3.8, 4) is 28.4 Å². The first-order chi connectivity index (χ1) is 27.1. The largest absolute Gasteiger partial charge is 0.492 e. The van der Waals surface area contributed by atoms with Crippen LogP contribution < -0.4 is 19.5 Å². The number of halogens is 3. The van der Waals surface area contributed by atoms with E-state index < -0.39 is 12.2 Å². The van der Waals surface area contributed by atoms with Gasteiger partial charge in [0.1, 0.15) is 36.3 Å². The van der Waals surface area contributed by atoms with E-state index in [0.717, 1.165) is 42.6 Å². The lowest BCUT2D eigenvalue weighted by Crippen LogP contribution is -2.29. The van der Waals surface area contributed by atoms with Gasteiger partial charge in [0.25, 0.3) is 0 Å². The molecule has 0 bridgehead atoms. The SMILES string of the molecule is N=C(c1cncc(COc2cc(OCc3cccc(-c4cccc(OCCCN5CC[C@@H](O)C5)c4Cl)c3Cl)c(Cl)cc2CNC[C@H](O)CO)c1)N1CC[C@@H](O)C1. The predicted molar refractivity (Wildman–Crippen MR) is 217 cm³/mol. The molecule has 0 amide bonds. The van der Waals surface area contributed by atoms with Gasteiger partial charge in [-0.25, -0.2) is 0 Å². The van der Waals surface area contributed by atoms with Gasteiger partial charge in [0, 0.05) is 97.7 Å². The van der Waals surface area contributed by atoms with Crippen LogP contribution in [0.2, 0.25) is 15.1 Å². The average molecular weight is 829 g/mol. The smallest absolute Gasteiger partial charge is 0.142 e. The van der Waals surface area contributed by atoms with Crippen molar-refractivity contribution in [2.75, 3.05) is 52.5 Å². The third kappa shape index (κ3) is 11.0. The van der Waals surface area contributed by atoms with E-state index in [-0.39, 0.29) is 39.0 Å². The van der Waals surface area contributed by atoms with Crippen molar-refractivity contribution < 1.29 is 34.6 Å². The summed E-state index contributed by atoms with van der Waals surface area (Å²) >= 11 is 20.6. The number of ether oxygens (including phenoxy) is 3. The van der Waals surface area contributed by atoms with Gasteiger partial charge in [0.2, 0.25) is 0 Å². The summed E-state index contributed by atoms with van der Waals surface area (Å²) in [6.45, 7) is 4.22. The number of amidine groups is 1. The van der Waals surface area contributed by atoms with Crippen molar-refractivity contribution in [2.45, 2.75) is 57.3 Å². The maximum Gasteiger partial charge on any atom is 0.142 e. The summed E-state index contributed by atoms with van der Waals surface area (Å²) in [6, 6.07) is 16.5. The summed E-state index contributed by atoms with van der Waals surface area (Å²) in [7, 11) is 0. The Labute approximate surface area is 342 Å². The number of nitrogens with one attached hydrogen (secondary N) is 2. The third-order valence-electron chi connectivity index (χ3n) is 9.80. The minimum absolute atomic E-state index is 0.0877. The number of hydrogen-bond acceptors (Lipinski definition) is 11. The molecule has 6 rings (SSSR count). The van der Waals surface area contributed by atoms with Crippen molar-refractivity contribution >= 4 is 40.6 Å². The van der Waals surface area contributed by atoms with Crippen LogP contribution in [0.5, 0.6) is 17.2 Å². The van der Waals surface area contributed by atoms with E-state index in [1.165, 1.54) is 0 Å². The Morgan fingerprint density at radius 1 is 0.857 bits per heavy atom. The molecule has 2 aliphatic rings. The first-order valence-corrected chi connectivity index (χ1v) is 19.9. The van der Waals surface area contributed by atoms with Crippen LogP contribution in [0.15, 0.2) is 67.0 Å². The Balaban J connectivity index is 1.14. The van der Waals surface area contributed by atoms with Gasteiger partial charge in [-0.15, -0.1) is 0 Å². The van der Waals surface area contributed by atoms with E-state index >= 15 is 0 Å². The molecule has 3 heterocycles. The fraction of sp³-hybridized carbons (Fsp3) is 0.415. The first kappa shape index (κ1) is 41.9. The standard InChI is InChI=1S/C41H48Cl3N5O7/c42-35-15-28(18-47-20-32(53)23-50)37(55-24-26-14-29(19-46-17-26)41(45)49-12-9-31(52)22-49)16-38(35)56-25-27-4-1-5-33(39(27)43)34-6-2-7-36(40(34)44)54-13-3-10-48-11-8-30(51)21-48/h1-2,4-7,14-17,19,30-32,45,47,50-53H,3,8-13,18,20-25H2/t30-,31-,32+/m1/s1. The topological polar surface area (TPSA) is 164 Å². The molecule has 2 saturated heterocycles. The zero-order valence-electron chi connectivity index (χ0n) is 31.0. The van der Waals surface area contributed by atoms with Crippen molar-refractivity contribution in [3.05, 3.63) is 104 Å². The van der Waals surface area contributed by atoms with E-state index in [0.29, 0.717) is 87.5 Å². The Morgan fingerprint density at radius 2 is 1.61 bits per heavy atom. The lowest BCUT2D eigenvalue weighted by molar-refractivity contribution is 0.0941. The van der Waals surface area contributed by atoms with Crippen LogP contribution in [-0.2, 0) is 19.8 Å². The van der Waals surface area contributed by atoms with Gasteiger partial charge >= 0.3 is 0 Å². The normalized spacial score (nSPS) is 17.7. The first-order valence-electron chi connectivity index (χ1n) is 18.7. The number of aliphatic hydroxyl groups is 4. The molecule has 2 aliphatic heterocycles. The molecule has 0 unspecified atom stereocenters. The number of aliphatic hydroxyl groups excluding tert-OH is 4. The second kappa shape index (κ2) is 20.1. The van der Waals surface area contributed by atoms with Crippen LogP contribution in [0.3, 0.4) is 0 Å². The van der Waals surface area contributed by atoms with Gasteiger partial charge < -0.3 is 49.8 Å². The van der Waals surface area contributed by atoms with Crippen LogP contribution in [0, 0.1) is 5.41 Å². The van der Waals surface area contributed by atoms with Crippen LogP contribution in [0.1, 0.15) is 41.5 Å². The van der Waals surface area contributed by atoms with Crippen LogP contribution in [0.4, 0.5) is 0 Å². The number of likely N-dealkylation sites (tertiary alicyclic amines) is 2. The Bertz CT molecular complexity index is 1960. The average Bonchev–Trinajstić information content (AvgIpc) is 3.83. The van der Waals surface area contributed by atoms with Crippen molar-refractivity contribution in [2.24, 2.45) is 0 Å². The van der Waals surface area contributed by atoms with Crippen molar-refractivity contribution in [3.63, 3.8) is 0 Å². The molecule has 2 fully saturated rings.